The topological polar surface area (TPSA) is 118 Å². The maximum absolute atomic E-state index is 14.8. The molecule has 7 saturated carbocycles. The number of fused-ring (bicyclic) bond motifs is 5. The summed E-state index contributed by atoms with van der Waals surface area (Å²) in [6, 6.07) is 30.3. The Bertz CT molecular complexity index is 4440. The van der Waals surface area contributed by atoms with Crippen LogP contribution >= 0.6 is 0 Å². The van der Waals surface area contributed by atoms with Crippen LogP contribution in [0.15, 0.2) is 109 Å². The van der Waals surface area contributed by atoms with Gasteiger partial charge in [0.25, 0.3) is 0 Å². The molecule has 0 aromatic heterocycles. The van der Waals surface area contributed by atoms with E-state index in [9.17, 15) is 28.3 Å². The number of unbranched alkanes of at least 4 members (excludes halogenated alkanes) is 14. The predicted molar refractivity (Wildman–Crippen MR) is 607 cm³/mol. The lowest BCUT2D eigenvalue weighted by atomic mass is 9.47. The average molecular weight is 2010 g/mol. The molecule has 8 aliphatic rings. The van der Waals surface area contributed by atoms with E-state index in [0.717, 1.165) is 189 Å². The van der Waals surface area contributed by atoms with E-state index in [0.29, 0.717) is 46.5 Å². The van der Waals surface area contributed by atoms with Gasteiger partial charge in [-0.25, -0.2) is 18.4 Å². The number of phenolic OH excluding ortho intramolecular Hbond substituents is 1. The minimum Gasteiger partial charge on any atom is -0.507 e. The van der Waals surface area contributed by atoms with E-state index in [1.54, 1.807) is 71.8 Å². The minimum atomic E-state index is -0.531. The van der Waals surface area contributed by atoms with Crippen LogP contribution in [0, 0.1) is 106 Å². The van der Waals surface area contributed by atoms with Gasteiger partial charge in [-0.05, 0) is 387 Å². The van der Waals surface area contributed by atoms with Crippen LogP contribution in [0.5, 0.6) is 23.0 Å². The normalized spacial score (nSPS) is 25.4. The van der Waals surface area contributed by atoms with E-state index in [-0.39, 0.29) is 52.7 Å². The summed E-state index contributed by atoms with van der Waals surface area (Å²) >= 11 is 0. The van der Waals surface area contributed by atoms with Crippen LogP contribution in [-0.2, 0) is 31.5 Å². The third-order valence-corrected chi connectivity index (χ3v) is 36.7. The van der Waals surface area contributed by atoms with Crippen molar-refractivity contribution in [2.75, 3.05) is 6.61 Å². The predicted octanol–water partition coefficient (Wildman–Crippen LogP) is 40.1. The molecule has 0 spiro atoms. The monoisotopic (exact) mass is 2000 g/mol. The lowest BCUT2D eigenvalue weighted by Crippen LogP contribution is -2.51. The van der Waals surface area contributed by atoms with Crippen LogP contribution in [-0.4, -0.2) is 47.9 Å². The SMILES string of the molecule is CCCC1CCC(C2CCC(c3ccc(CC(C)CC)cc3)CC2)CC1.CCCCCCC(C)Oc1c(F)cc(C2CCC(C3CCC(CCC)CC3)CC2)cc1F.CCCCCCCCC(=O)O[C@H]1CC[C@@]2(C)C(=CC[C@H]3[C@@H]4CC[C@H]([C@H](C)CCCC(C)C)[C@@]4(C)CC[C@@H]32)C1.CCCCCCOc1ccc(C(=O)Oc2ccc(C(=O)OC(C)CCCCCC)cc2)cc1.Cc1cc(C(C)(C)C)c(O)c(C(C)(C)C)c1. The van der Waals surface area contributed by atoms with Crippen molar-refractivity contribution < 1.29 is 52.0 Å². The number of aryl methyl sites for hydroxylation is 1. The number of phenols is 1. The van der Waals surface area contributed by atoms with Gasteiger partial charge in [0.1, 0.15) is 23.4 Å². The summed E-state index contributed by atoms with van der Waals surface area (Å²) in [5.74, 6) is 12.6. The van der Waals surface area contributed by atoms with Crippen molar-refractivity contribution in [1.29, 1.82) is 0 Å². The third kappa shape index (κ3) is 39.0. The zero-order valence-corrected chi connectivity index (χ0v) is 96.6. The number of carbonyl (C=O) groups excluding carboxylic acids is 3. The van der Waals surface area contributed by atoms with Gasteiger partial charge < -0.3 is 28.8 Å². The Balaban J connectivity index is 0.000000206. The molecule has 13 rings (SSSR count). The summed E-state index contributed by atoms with van der Waals surface area (Å²) < 4.78 is 57.9. The van der Waals surface area contributed by atoms with E-state index in [1.807, 2.05) is 13.8 Å². The van der Waals surface area contributed by atoms with Gasteiger partial charge in [-0.1, -0.05) is 352 Å². The Kier molecular flexibility index (Phi) is 52.6. The molecule has 3 unspecified atom stereocenters. The standard InChI is InChI=1S/C36H62O2.C29H46F2O.C28H38O5.C26H42.C15H24O/c1-7-8-9-10-11-12-16-34(37)38-29-21-23-35(5)28(25-29)17-18-30-32-20-19-31(27(4)15-13-14-26(2)3)36(32,6)24-22-33(30)35;1-4-6-7-8-10-21(3)32-29-27(30)19-26(20-28(29)31)25-17-15-24(16-18-25)23-13-11-22(9-5-2)12-14-23;1-4-6-8-10-12-22(3)32-27(29)23-15-19-26(20-16-23)33-28(30)24-13-17-25(18-14-24)31-21-11-9-7-5-2;1-4-6-21-7-11-23(12-8-21)25-15-17-26(18-16-25)24-13-9-22(10-14-24)19-20(3)5-2;1-10-8-11(14(2,3)4)13(16)12(9-10)15(5,6)7/h17,26-27,29-33H,7-16,18-25H2,1-6H3;19-25H,4-18H2,1-3H3;13-20,22H,4-12,21H2,1-3H3;9-10,13-14,20-21,23,25-26H,4-8,11-12,15-19H2,1-3H3;8-9,16H,1-7H3/t27-,29+,30+,31-,32+,33+,35+,36-;;;;/m1..../s1. The van der Waals surface area contributed by atoms with Gasteiger partial charge in [0.15, 0.2) is 17.4 Å². The van der Waals surface area contributed by atoms with E-state index in [4.69, 9.17) is 23.7 Å². The number of hydrogen-bond acceptors (Lipinski definition) is 9. The second kappa shape index (κ2) is 62.5. The number of aromatic hydroxyl groups is 1. The first kappa shape index (κ1) is 122. The van der Waals surface area contributed by atoms with Crippen LogP contribution in [0.3, 0.4) is 0 Å². The van der Waals surface area contributed by atoms with Gasteiger partial charge in [0, 0.05) is 12.8 Å². The Hall–Kier alpha value is -6.49. The molecule has 11 heteroatoms. The second-order valence-corrected chi connectivity index (χ2v) is 50.7. The highest BCUT2D eigenvalue weighted by Gasteiger charge is 2.59. The molecule has 0 aliphatic heterocycles. The smallest absolute Gasteiger partial charge is 0.343 e. The number of hydrogen-bond donors (Lipinski definition) is 1. The van der Waals surface area contributed by atoms with E-state index in [1.165, 1.54) is 268 Å². The van der Waals surface area contributed by atoms with E-state index < -0.39 is 17.6 Å². The number of ether oxygens (including phenoxy) is 5. The summed E-state index contributed by atoms with van der Waals surface area (Å²) in [6.07, 6.45) is 70.7. The van der Waals surface area contributed by atoms with Gasteiger partial charge in [-0.3, -0.25) is 4.79 Å². The first-order valence-corrected chi connectivity index (χ1v) is 60.7. The van der Waals surface area contributed by atoms with Crippen LogP contribution in [0.1, 0.15) is 552 Å². The maximum atomic E-state index is 14.8. The Morgan fingerprint density at radius 1 is 0.469 bits per heavy atom. The van der Waals surface area contributed by atoms with Gasteiger partial charge in [-0.2, -0.15) is 0 Å². The highest BCUT2D eigenvalue weighted by atomic mass is 19.1. The first-order valence-electron chi connectivity index (χ1n) is 60.7. The minimum absolute atomic E-state index is 0.0178. The van der Waals surface area contributed by atoms with Gasteiger partial charge >= 0.3 is 17.9 Å². The molecule has 11 atom stereocenters. The summed E-state index contributed by atoms with van der Waals surface area (Å²) in [5, 5.41) is 10.4. The number of halogens is 2. The molecule has 0 saturated heterocycles. The van der Waals surface area contributed by atoms with E-state index in [2.05, 4.69) is 181 Å². The molecule has 816 valence electrons. The number of rotatable bonds is 46. The van der Waals surface area contributed by atoms with Crippen molar-refractivity contribution in [2.24, 2.45) is 87.8 Å². The van der Waals surface area contributed by atoms with Crippen molar-refractivity contribution in [1.82, 2.24) is 0 Å². The largest absolute Gasteiger partial charge is 0.507 e. The third-order valence-electron chi connectivity index (χ3n) is 36.7. The maximum Gasteiger partial charge on any atom is 0.343 e. The number of allylic oxidation sites excluding steroid dienone is 1. The fourth-order valence-electron chi connectivity index (χ4n) is 27.4. The van der Waals surface area contributed by atoms with Crippen LogP contribution in [0.2, 0.25) is 0 Å². The number of benzene rings is 5. The summed E-state index contributed by atoms with van der Waals surface area (Å²) in [7, 11) is 0. The Morgan fingerprint density at radius 2 is 0.952 bits per heavy atom. The highest BCUT2D eigenvalue weighted by molar-refractivity contribution is 5.92. The van der Waals surface area contributed by atoms with Crippen LogP contribution < -0.4 is 14.2 Å². The lowest BCUT2D eigenvalue weighted by molar-refractivity contribution is -0.151. The zero-order valence-electron chi connectivity index (χ0n) is 96.6. The fraction of sp³-hybridized carbons (Fsp3) is 0.739. The van der Waals surface area contributed by atoms with Gasteiger partial charge in [0.2, 0.25) is 0 Å². The molecule has 9 nitrogen and oxygen atoms in total. The summed E-state index contributed by atoms with van der Waals surface area (Å²) in [5.41, 5.74) is 10.6. The molecule has 0 bridgehead atoms. The first-order chi connectivity index (χ1) is 69.4. The lowest BCUT2D eigenvalue weighted by Gasteiger charge is -2.58. The van der Waals surface area contributed by atoms with Crippen LogP contribution in [0.25, 0.3) is 0 Å². The summed E-state index contributed by atoms with van der Waals surface area (Å²) in [6.45, 7) is 50.1. The van der Waals surface area contributed by atoms with Crippen molar-refractivity contribution >= 4 is 17.9 Å². The molecule has 0 radical (unpaired) electrons. The molecule has 0 amide bonds. The molecular weight excluding hydrogens is 1790 g/mol. The molecule has 5 aromatic carbocycles. The molecule has 5 aromatic rings. The van der Waals surface area contributed by atoms with Crippen molar-refractivity contribution in [3.8, 4) is 23.0 Å². The van der Waals surface area contributed by atoms with Gasteiger partial charge in [-0.15, -0.1) is 0 Å². The quantitative estimate of drug-likeness (QED) is 0.0176. The Morgan fingerprint density at radius 3 is 1.46 bits per heavy atom. The molecule has 1 N–H and O–H groups in total. The van der Waals surface area contributed by atoms with Crippen LogP contribution in [0.4, 0.5) is 8.78 Å². The molecule has 8 aliphatic carbocycles. The van der Waals surface area contributed by atoms with Crippen molar-refractivity contribution in [3.05, 3.63) is 165 Å². The molecule has 7 fully saturated rings. The van der Waals surface area contributed by atoms with Crippen molar-refractivity contribution in [2.45, 2.75) is 540 Å². The second-order valence-electron chi connectivity index (χ2n) is 50.7. The molecule has 0 heterocycles. The average Bonchev–Trinajstić information content (AvgIpc) is 1.63. The zero-order chi connectivity index (χ0) is 105. The Labute approximate surface area is 886 Å². The molecular formula is C134H212F2O9. The summed E-state index contributed by atoms with van der Waals surface area (Å²) in [4.78, 5) is 37.3. The van der Waals surface area contributed by atoms with Crippen molar-refractivity contribution in [3.63, 3.8) is 0 Å². The number of carbonyl (C=O) groups is 3. The molecule has 145 heavy (non-hydrogen) atoms. The number of esters is 3. The fourth-order valence-corrected chi connectivity index (χ4v) is 27.4. The van der Waals surface area contributed by atoms with E-state index >= 15 is 0 Å². The van der Waals surface area contributed by atoms with Gasteiger partial charge in [0.05, 0.1) is 29.9 Å². The highest BCUT2D eigenvalue weighted by Crippen LogP contribution is 2.68.